The maximum Gasteiger partial charge on any atom is 0.163 e. The van der Waals surface area contributed by atoms with Crippen LogP contribution in [0.5, 0.6) is 34.5 Å². The fraction of sp³-hybridized carbons (Fsp3) is 0.235. The average Bonchev–Trinajstić information content (AvgIpc) is 3.67. The molecule has 0 saturated heterocycles. The third-order valence-corrected chi connectivity index (χ3v) is 7.35. The molecule has 1 aliphatic rings. The number of rotatable bonds is 2. The molecule has 0 spiro atoms. The number of aromatic hydroxyl groups is 2. The zero-order valence-electron chi connectivity index (χ0n) is 24.8. The van der Waals surface area contributed by atoms with Gasteiger partial charge in [0.15, 0.2) is 23.0 Å². The Morgan fingerprint density at radius 3 is 1.24 bits per heavy atom. The van der Waals surface area contributed by atoms with Gasteiger partial charge in [-0.25, -0.2) is 9.97 Å². The van der Waals surface area contributed by atoms with Crippen molar-refractivity contribution in [3.63, 3.8) is 0 Å². The van der Waals surface area contributed by atoms with Crippen LogP contribution in [0.15, 0.2) is 72.8 Å². The lowest BCUT2D eigenvalue weighted by molar-refractivity contribution is 0.0641. The minimum Gasteiger partial charge on any atom is -0.507 e. The molecular formula is C34H32N4O8. The minimum absolute atomic E-state index is 0.136. The van der Waals surface area contributed by atoms with Crippen LogP contribution in [0.1, 0.15) is 0 Å². The number of nitrogens with one attached hydrogen (secondary N) is 2. The van der Waals surface area contributed by atoms with Gasteiger partial charge < -0.3 is 48.6 Å². The molecule has 0 saturated carbocycles. The van der Waals surface area contributed by atoms with Crippen molar-refractivity contribution in [2.45, 2.75) is 0 Å². The second-order valence-electron chi connectivity index (χ2n) is 10.5. The van der Waals surface area contributed by atoms with Crippen LogP contribution in [0.25, 0.3) is 44.8 Å². The van der Waals surface area contributed by atoms with E-state index in [4.69, 9.17) is 28.4 Å². The molecule has 0 fully saturated rings. The summed E-state index contributed by atoms with van der Waals surface area (Å²) in [6, 6.07) is 21.3. The van der Waals surface area contributed by atoms with Gasteiger partial charge in [0.1, 0.15) is 49.6 Å². The topological polar surface area (TPSA) is 153 Å². The van der Waals surface area contributed by atoms with Crippen LogP contribution in [0.3, 0.4) is 0 Å². The normalized spacial score (nSPS) is 15.0. The summed E-state index contributed by atoms with van der Waals surface area (Å²) in [7, 11) is 0. The van der Waals surface area contributed by atoms with Crippen molar-refractivity contribution in [3.05, 3.63) is 72.8 Å². The molecule has 6 aromatic rings. The predicted molar refractivity (Wildman–Crippen MR) is 170 cm³/mol. The predicted octanol–water partition coefficient (Wildman–Crippen LogP) is 5.45. The number of phenols is 2. The summed E-state index contributed by atoms with van der Waals surface area (Å²) in [6.45, 7) is 2.39. The highest BCUT2D eigenvalue weighted by Crippen LogP contribution is 2.36. The number of aromatic nitrogens is 4. The molecule has 4 aromatic carbocycles. The molecule has 2 aromatic heterocycles. The highest BCUT2D eigenvalue weighted by atomic mass is 16.6. The Hall–Kier alpha value is -5.46. The first-order chi connectivity index (χ1) is 22.6. The van der Waals surface area contributed by atoms with Gasteiger partial charge in [-0.3, -0.25) is 0 Å². The molecule has 46 heavy (non-hydrogen) atoms. The number of benzene rings is 4. The Morgan fingerprint density at radius 2 is 0.848 bits per heavy atom. The van der Waals surface area contributed by atoms with E-state index in [1.807, 2.05) is 24.3 Å². The van der Waals surface area contributed by atoms with Crippen molar-refractivity contribution in [3.8, 4) is 57.3 Å². The van der Waals surface area contributed by atoms with Gasteiger partial charge in [0.05, 0.1) is 59.6 Å². The van der Waals surface area contributed by atoms with Gasteiger partial charge in [-0.15, -0.1) is 0 Å². The molecule has 0 radical (unpaired) electrons. The molecule has 4 N–H and O–H groups in total. The van der Waals surface area contributed by atoms with Crippen LogP contribution < -0.4 is 18.9 Å². The molecule has 0 atom stereocenters. The quantitative estimate of drug-likeness (QED) is 0.196. The second kappa shape index (κ2) is 13.3. The van der Waals surface area contributed by atoms with Gasteiger partial charge in [-0.1, -0.05) is 24.3 Å². The van der Waals surface area contributed by atoms with Crippen molar-refractivity contribution in [1.82, 2.24) is 19.9 Å². The van der Waals surface area contributed by atoms with Crippen molar-refractivity contribution in [2.24, 2.45) is 0 Å². The van der Waals surface area contributed by atoms with E-state index < -0.39 is 0 Å². The Labute approximate surface area is 263 Å². The summed E-state index contributed by atoms with van der Waals surface area (Å²) >= 11 is 0. The van der Waals surface area contributed by atoms with E-state index in [2.05, 4.69) is 19.9 Å². The number of ether oxygens (including phenoxy) is 6. The lowest BCUT2D eigenvalue weighted by Crippen LogP contribution is -2.15. The fourth-order valence-electron chi connectivity index (χ4n) is 5.14. The lowest BCUT2D eigenvalue weighted by atomic mass is 10.2. The van der Waals surface area contributed by atoms with Gasteiger partial charge in [-0.05, 0) is 24.3 Å². The average molecular weight is 625 g/mol. The summed E-state index contributed by atoms with van der Waals surface area (Å²) in [5.74, 6) is 3.46. The molecule has 12 nitrogen and oxygen atoms in total. The molecule has 0 unspecified atom stereocenters. The lowest BCUT2D eigenvalue weighted by Gasteiger charge is -2.15. The van der Waals surface area contributed by atoms with Crippen LogP contribution in [0, 0.1) is 0 Å². The first-order valence-corrected chi connectivity index (χ1v) is 14.9. The molecule has 3 heterocycles. The zero-order valence-corrected chi connectivity index (χ0v) is 24.8. The van der Waals surface area contributed by atoms with Gasteiger partial charge in [0.2, 0.25) is 0 Å². The number of para-hydroxylation sites is 2. The number of nitrogens with zero attached hydrogens (tertiary/aromatic N) is 2. The Kier molecular flexibility index (Phi) is 8.44. The Morgan fingerprint density at radius 1 is 0.478 bits per heavy atom. The third kappa shape index (κ3) is 6.34. The van der Waals surface area contributed by atoms with E-state index in [-0.39, 0.29) is 37.9 Å². The molecule has 1 aliphatic heterocycles. The van der Waals surface area contributed by atoms with E-state index in [9.17, 15) is 10.2 Å². The van der Waals surface area contributed by atoms with Crippen LogP contribution in [-0.2, 0) is 9.47 Å². The number of fused-ring (bicyclic) bond motifs is 4. The van der Waals surface area contributed by atoms with Crippen molar-refractivity contribution >= 4 is 22.1 Å². The number of aromatic amines is 2. The smallest absolute Gasteiger partial charge is 0.163 e. The SMILES string of the molecule is Oc1ccccc1-c1nc2cc3c(cc2[nH]1)OCCOCCOc1cc2[nH]c(-c4ccccc4O)nc2cc1OCCOCCO3. The number of hydrogen-bond donors (Lipinski definition) is 4. The van der Waals surface area contributed by atoms with Crippen molar-refractivity contribution in [2.75, 3.05) is 52.9 Å². The van der Waals surface area contributed by atoms with E-state index in [1.54, 1.807) is 48.5 Å². The Balaban J connectivity index is 1.05. The highest BCUT2D eigenvalue weighted by Gasteiger charge is 2.16. The largest absolute Gasteiger partial charge is 0.507 e. The monoisotopic (exact) mass is 624 g/mol. The maximum absolute atomic E-state index is 10.3. The maximum atomic E-state index is 10.3. The number of phenolic OH excluding ortho intramolecular Hbond substituents is 2. The summed E-state index contributed by atoms with van der Waals surface area (Å²) in [5.41, 5.74) is 4.01. The molecule has 236 valence electrons. The molecule has 12 heteroatoms. The van der Waals surface area contributed by atoms with Crippen LogP contribution in [0.2, 0.25) is 0 Å². The summed E-state index contributed by atoms with van der Waals surface area (Å²) in [6.07, 6.45) is 0. The minimum atomic E-state index is 0.136. The fourth-order valence-corrected chi connectivity index (χ4v) is 5.14. The van der Waals surface area contributed by atoms with Gasteiger partial charge >= 0.3 is 0 Å². The molecule has 7 rings (SSSR count). The third-order valence-electron chi connectivity index (χ3n) is 7.35. The zero-order chi connectivity index (χ0) is 31.3. The van der Waals surface area contributed by atoms with E-state index in [0.717, 1.165) is 11.0 Å². The number of hydrogen-bond acceptors (Lipinski definition) is 10. The van der Waals surface area contributed by atoms with E-state index in [0.29, 0.717) is 83.2 Å². The van der Waals surface area contributed by atoms with Crippen molar-refractivity contribution < 1.29 is 38.6 Å². The molecular weight excluding hydrogens is 592 g/mol. The van der Waals surface area contributed by atoms with Gasteiger partial charge in [-0.2, -0.15) is 0 Å². The van der Waals surface area contributed by atoms with Crippen molar-refractivity contribution in [1.29, 1.82) is 0 Å². The first kappa shape index (κ1) is 29.3. The van der Waals surface area contributed by atoms with Crippen LogP contribution >= 0.6 is 0 Å². The summed E-state index contributed by atoms with van der Waals surface area (Å²) in [5, 5.41) is 20.6. The van der Waals surface area contributed by atoms with Gasteiger partial charge in [0, 0.05) is 24.3 Å². The first-order valence-electron chi connectivity index (χ1n) is 14.9. The molecule has 0 amide bonds. The second-order valence-corrected chi connectivity index (χ2v) is 10.5. The van der Waals surface area contributed by atoms with E-state index >= 15 is 0 Å². The molecule has 0 aliphatic carbocycles. The highest BCUT2D eigenvalue weighted by molar-refractivity contribution is 5.85. The number of H-pyrrole nitrogens is 2. The summed E-state index contributed by atoms with van der Waals surface area (Å²) < 4.78 is 35.8. The number of imidazole rings is 2. The standard InChI is InChI=1S/C34H32N4O8/c39-27-7-3-1-5-21(27)33-35-23-17-29-30(18-24(23)36-33)44-14-10-42-12-16-46-32-20-26-25(19-31(32)45-15-11-41-9-13-43-29)37-34(38-26)22-6-2-4-8-28(22)40/h1-8,17-20,39-40H,9-16H2,(H,35,36)(H,37,38). The van der Waals surface area contributed by atoms with E-state index in [1.165, 1.54) is 0 Å². The van der Waals surface area contributed by atoms with Crippen LogP contribution in [-0.4, -0.2) is 83.0 Å². The Bertz CT molecular complexity index is 1740. The van der Waals surface area contributed by atoms with Gasteiger partial charge in [0.25, 0.3) is 0 Å². The van der Waals surface area contributed by atoms with Crippen LogP contribution in [0.4, 0.5) is 0 Å². The summed E-state index contributed by atoms with van der Waals surface area (Å²) in [4.78, 5) is 15.8. The molecule has 0 bridgehead atoms.